The van der Waals surface area contributed by atoms with Crippen molar-refractivity contribution in [3.8, 4) is 5.75 Å². The van der Waals surface area contributed by atoms with Crippen molar-refractivity contribution in [1.82, 2.24) is 4.31 Å². The first-order valence-corrected chi connectivity index (χ1v) is 13.0. The topological polar surface area (TPSA) is 92.8 Å². The average molecular weight is 473 g/mol. The SMILES string of the molecule is CCOc1ccc(NC(=O)CCC(=O)c2ccc3c(c2)CCC3)cc1S(=O)(=O)N(CC)CC. The number of nitrogens with zero attached hydrogens (tertiary/aromatic N) is 1. The summed E-state index contributed by atoms with van der Waals surface area (Å²) in [4.78, 5) is 25.1. The summed E-state index contributed by atoms with van der Waals surface area (Å²) >= 11 is 0. The highest BCUT2D eigenvalue weighted by atomic mass is 32.2. The number of anilines is 1. The number of ketones is 1. The van der Waals surface area contributed by atoms with Gasteiger partial charge in [-0.15, -0.1) is 0 Å². The van der Waals surface area contributed by atoms with E-state index in [1.165, 1.54) is 21.5 Å². The summed E-state index contributed by atoms with van der Waals surface area (Å²) in [5.74, 6) is -0.176. The van der Waals surface area contributed by atoms with Gasteiger partial charge in [-0.25, -0.2) is 8.42 Å². The molecule has 8 heteroatoms. The zero-order valence-electron chi connectivity index (χ0n) is 19.5. The number of carbonyl (C=O) groups excluding carboxylic acids is 2. The number of benzene rings is 2. The van der Waals surface area contributed by atoms with Crippen molar-refractivity contribution in [3.63, 3.8) is 0 Å². The third-order valence-corrected chi connectivity index (χ3v) is 7.92. The number of Topliss-reactive ketones (excluding diaryl/α,β-unsaturated/α-hetero) is 1. The Morgan fingerprint density at radius 2 is 1.70 bits per heavy atom. The van der Waals surface area contributed by atoms with Gasteiger partial charge in [0.25, 0.3) is 0 Å². The monoisotopic (exact) mass is 472 g/mol. The largest absolute Gasteiger partial charge is 0.492 e. The van der Waals surface area contributed by atoms with Crippen LogP contribution >= 0.6 is 0 Å². The summed E-state index contributed by atoms with van der Waals surface area (Å²) in [6.07, 6.45) is 3.27. The summed E-state index contributed by atoms with van der Waals surface area (Å²) in [6.45, 7) is 6.28. The molecule has 7 nitrogen and oxygen atoms in total. The lowest BCUT2D eigenvalue weighted by molar-refractivity contribution is -0.116. The van der Waals surface area contributed by atoms with Crippen molar-refractivity contribution >= 4 is 27.4 Å². The smallest absolute Gasteiger partial charge is 0.246 e. The van der Waals surface area contributed by atoms with E-state index in [1.807, 2.05) is 18.2 Å². The van der Waals surface area contributed by atoms with Gasteiger partial charge in [0.15, 0.2) is 5.78 Å². The highest BCUT2D eigenvalue weighted by Gasteiger charge is 2.26. The average Bonchev–Trinajstić information content (AvgIpc) is 3.27. The number of amides is 1. The van der Waals surface area contributed by atoms with Crippen LogP contribution in [0.5, 0.6) is 5.75 Å². The molecular formula is C25H32N2O5S. The molecule has 0 radical (unpaired) electrons. The molecule has 1 aliphatic carbocycles. The Hall–Kier alpha value is -2.71. The van der Waals surface area contributed by atoms with Crippen LogP contribution in [0.4, 0.5) is 5.69 Å². The summed E-state index contributed by atoms with van der Waals surface area (Å²) in [5, 5.41) is 2.72. The fourth-order valence-electron chi connectivity index (χ4n) is 4.10. The van der Waals surface area contributed by atoms with Crippen LogP contribution < -0.4 is 10.1 Å². The maximum Gasteiger partial charge on any atom is 0.246 e. The van der Waals surface area contributed by atoms with Gasteiger partial charge < -0.3 is 10.1 Å². The number of nitrogens with one attached hydrogen (secondary N) is 1. The molecule has 1 N–H and O–H groups in total. The second-order valence-electron chi connectivity index (χ2n) is 7.99. The number of ether oxygens (including phenoxy) is 1. The maximum absolute atomic E-state index is 13.1. The number of fused-ring (bicyclic) bond motifs is 1. The summed E-state index contributed by atoms with van der Waals surface area (Å²) in [7, 11) is -3.78. The van der Waals surface area contributed by atoms with Crippen molar-refractivity contribution < 1.29 is 22.7 Å². The van der Waals surface area contributed by atoms with E-state index in [0.29, 0.717) is 30.9 Å². The van der Waals surface area contributed by atoms with E-state index in [0.717, 1.165) is 19.3 Å². The Morgan fingerprint density at radius 3 is 2.39 bits per heavy atom. The van der Waals surface area contributed by atoms with Crippen LogP contribution in [0, 0.1) is 0 Å². The molecule has 1 aliphatic rings. The van der Waals surface area contributed by atoms with Crippen LogP contribution in [0.1, 0.15) is 61.5 Å². The third-order valence-electron chi connectivity index (χ3n) is 5.85. The normalized spacial score (nSPS) is 13.1. The Morgan fingerprint density at radius 1 is 0.970 bits per heavy atom. The number of hydrogen-bond acceptors (Lipinski definition) is 5. The van der Waals surface area contributed by atoms with Crippen molar-refractivity contribution in [1.29, 1.82) is 0 Å². The quantitative estimate of drug-likeness (QED) is 0.495. The molecule has 0 saturated heterocycles. The van der Waals surface area contributed by atoms with Gasteiger partial charge in [-0.1, -0.05) is 26.0 Å². The molecule has 0 aliphatic heterocycles. The lowest BCUT2D eigenvalue weighted by Crippen LogP contribution is -2.31. The molecule has 0 spiro atoms. The first kappa shape index (κ1) is 24.9. The van der Waals surface area contributed by atoms with E-state index in [4.69, 9.17) is 4.74 Å². The molecule has 0 saturated carbocycles. The lowest BCUT2D eigenvalue weighted by atomic mass is 10.0. The van der Waals surface area contributed by atoms with Crippen molar-refractivity contribution in [2.24, 2.45) is 0 Å². The standard InChI is InChI=1S/C25H32N2O5S/c1-4-27(5-2)33(30,31)24-17-21(12-14-23(24)32-6-3)26-25(29)15-13-22(28)20-11-10-18-8-7-9-19(18)16-20/h10-12,14,16-17H,4-9,13,15H2,1-3H3,(H,26,29). The van der Waals surface area contributed by atoms with Gasteiger partial charge in [0.05, 0.1) is 6.61 Å². The number of carbonyl (C=O) groups is 2. The van der Waals surface area contributed by atoms with E-state index in [1.54, 1.807) is 32.9 Å². The minimum atomic E-state index is -3.78. The van der Waals surface area contributed by atoms with Gasteiger partial charge in [0, 0.05) is 37.2 Å². The molecule has 0 unspecified atom stereocenters. The zero-order chi connectivity index (χ0) is 24.0. The van der Waals surface area contributed by atoms with Crippen LogP contribution in [-0.4, -0.2) is 44.1 Å². The van der Waals surface area contributed by atoms with E-state index < -0.39 is 10.0 Å². The van der Waals surface area contributed by atoms with Gasteiger partial charge in [-0.05, 0) is 61.6 Å². The molecule has 3 rings (SSSR count). The minimum Gasteiger partial charge on any atom is -0.492 e. The molecule has 178 valence electrons. The van der Waals surface area contributed by atoms with Crippen LogP contribution in [0.2, 0.25) is 0 Å². The lowest BCUT2D eigenvalue weighted by Gasteiger charge is -2.21. The molecule has 2 aromatic rings. The Bertz CT molecular complexity index is 1120. The first-order valence-electron chi connectivity index (χ1n) is 11.5. The van der Waals surface area contributed by atoms with Crippen LogP contribution in [0.25, 0.3) is 0 Å². The molecular weight excluding hydrogens is 440 g/mol. The van der Waals surface area contributed by atoms with Crippen molar-refractivity contribution in [2.45, 2.75) is 57.8 Å². The minimum absolute atomic E-state index is 0.0140. The molecule has 0 heterocycles. The second kappa shape index (κ2) is 10.9. The molecule has 1 amide bonds. The van der Waals surface area contributed by atoms with Crippen LogP contribution in [0.15, 0.2) is 41.3 Å². The predicted octanol–water partition coefficient (Wildman–Crippen LogP) is 4.21. The van der Waals surface area contributed by atoms with Gasteiger partial charge >= 0.3 is 0 Å². The highest BCUT2D eigenvalue weighted by molar-refractivity contribution is 7.89. The van der Waals surface area contributed by atoms with E-state index in [-0.39, 0.29) is 35.2 Å². The molecule has 0 bridgehead atoms. The third kappa shape index (κ3) is 5.81. The fourth-order valence-corrected chi connectivity index (χ4v) is 5.72. The fraction of sp³-hybridized carbons (Fsp3) is 0.440. The Labute approximate surface area is 196 Å². The van der Waals surface area contributed by atoms with E-state index in [9.17, 15) is 18.0 Å². The van der Waals surface area contributed by atoms with Gasteiger partial charge in [0.1, 0.15) is 10.6 Å². The van der Waals surface area contributed by atoms with Gasteiger partial charge in [-0.3, -0.25) is 9.59 Å². The van der Waals surface area contributed by atoms with Gasteiger partial charge in [0.2, 0.25) is 15.9 Å². The summed E-state index contributed by atoms with van der Waals surface area (Å²) in [6, 6.07) is 10.4. The predicted molar refractivity (Wildman–Crippen MR) is 128 cm³/mol. The van der Waals surface area contributed by atoms with E-state index in [2.05, 4.69) is 5.32 Å². The molecule has 0 atom stereocenters. The maximum atomic E-state index is 13.1. The zero-order valence-corrected chi connectivity index (χ0v) is 20.3. The molecule has 2 aromatic carbocycles. The number of sulfonamides is 1. The van der Waals surface area contributed by atoms with Crippen LogP contribution in [-0.2, 0) is 27.7 Å². The van der Waals surface area contributed by atoms with Crippen molar-refractivity contribution in [2.75, 3.05) is 25.0 Å². The molecule has 33 heavy (non-hydrogen) atoms. The molecule has 0 fully saturated rings. The first-order chi connectivity index (χ1) is 15.8. The number of hydrogen-bond donors (Lipinski definition) is 1. The highest BCUT2D eigenvalue weighted by Crippen LogP contribution is 2.30. The Balaban J connectivity index is 1.69. The number of rotatable bonds is 11. The Kier molecular flexibility index (Phi) is 8.26. The molecule has 0 aromatic heterocycles. The summed E-state index contributed by atoms with van der Waals surface area (Å²) < 4.78 is 33.0. The van der Waals surface area contributed by atoms with E-state index >= 15 is 0 Å². The second-order valence-corrected chi connectivity index (χ2v) is 9.90. The summed E-state index contributed by atoms with van der Waals surface area (Å²) in [5.41, 5.74) is 3.51. The van der Waals surface area contributed by atoms with Gasteiger partial charge in [-0.2, -0.15) is 4.31 Å². The van der Waals surface area contributed by atoms with Crippen LogP contribution in [0.3, 0.4) is 0 Å². The number of aryl methyl sites for hydroxylation is 2. The van der Waals surface area contributed by atoms with Crippen molar-refractivity contribution in [3.05, 3.63) is 53.1 Å².